The first-order valence-corrected chi connectivity index (χ1v) is 7.65. The molecule has 1 aliphatic heterocycles. The van der Waals surface area contributed by atoms with E-state index in [0.29, 0.717) is 11.1 Å². The normalized spacial score (nSPS) is 18.7. The molecule has 0 spiro atoms. The van der Waals surface area contributed by atoms with Crippen molar-refractivity contribution in [3.8, 4) is 5.75 Å². The number of hydrogen-bond donors (Lipinski definition) is 0. The minimum Gasteiger partial charge on any atom is -0.465 e. The molecule has 2 aromatic rings. The molecule has 0 aliphatic carbocycles. The van der Waals surface area contributed by atoms with E-state index in [1.165, 1.54) is 38.3 Å². The highest BCUT2D eigenvalue weighted by Crippen LogP contribution is 2.29. The summed E-state index contributed by atoms with van der Waals surface area (Å²) in [5.41, 5.74) is 0.118. The van der Waals surface area contributed by atoms with Crippen molar-refractivity contribution in [2.24, 2.45) is 0 Å². The third-order valence-electron chi connectivity index (χ3n) is 4.00. The fourth-order valence-corrected chi connectivity index (χ4v) is 2.64. The van der Waals surface area contributed by atoms with Gasteiger partial charge in [-0.15, -0.1) is 0 Å². The van der Waals surface area contributed by atoms with Crippen LogP contribution in [0.4, 0.5) is 0 Å². The molecule has 0 bridgehead atoms. The minimum atomic E-state index is -1.41. The zero-order valence-corrected chi connectivity index (χ0v) is 13.8. The second-order valence-electron chi connectivity index (χ2n) is 5.86. The van der Waals surface area contributed by atoms with E-state index in [0.717, 1.165) is 5.56 Å². The Bertz CT molecular complexity index is 839. The lowest BCUT2D eigenvalue weighted by Crippen LogP contribution is -2.48. The van der Waals surface area contributed by atoms with Crippen LogP contribution in [0.3, 0.4) is 0 Å². The highest BCUT2D eigenvalue weighted by Gasteiger charge is 2.44. The van der Waals surface area contributed by atoms with Crippen LogP contribution in [-0.2, 0) is 20.7 Å². The van der Waals surface area contributed by atoms with Crippen LogP contribution in [0.2, 0.25) is 0 Å². The number of esters is 3. The SMILES string of the molecule is COC(=O)c1ccc(OC(=O)[C@@]2(C)Cc3ccccc3C(=O)O2)cc1. The molecule has 1 atom stereocenters. The van der Waals surface area contributed by atoms with Crippen molar-refractivity contribution in [2.75, 3.05) is 7.11 Å². The molecular weight excluding hydrogens is 324 g/mol. The number of fused-ring (bicyclic) bond motifs is 1. The quantitative estimate of drug-likeness (QED) is 0.631. The first-order valence-electron chi connectivity index (χ1n) is 7.65. The van der Waals surface area contributed by atoms with Crippen LogP contribution in [0, 0.1) is 0 Å². The van der Waals surface area contributed by atoms with Gasteiger partial charge in [0.25, 0.3) is 0 Å². The van der Waals surface area contributed by atoms with Gasteiger partial charge in [0.15, 0.2) is 0 Å². The van der Waals surface area contributed by atoms with Crippen molar-refractivity contribution in [2.45, 2.75) is 18.9 Å². The van der Waals surface area contributed by atoms with E-state index >= 15 is 0 Å². The average molecular weight is 340 g/mol. The van der Waals surface area contributed by atoms with Gasteiger partial charge in [0.05, 0.1) is 18.2 Å². The molecule has 6 heteroatoms. The molecule has 0 fully saturated rings. The van der Waals surface area contributed by atoms with Crippen LogP contribution in [0.15, 0.2) is 48.5 Å². The van der Waals surface area contributed by atoms with E-state index in [1.807, 2.05) is 0 Å². The summed E-state index contributed by atoms with van der Waals surface area (Å²) in [6.07, 6.45) is 0.230. The molecule has 2 aromatic carbocycles. The number of carbonyl (C=O) groups excluding carboxylic acids is 3. The van der Waals surface area contributed by atoms with Crippen LogP contribution in [0.1, 0.15) is 33.2 Å². The average Bonchev–Trinajstić information content (AvgIpc) is 2.61. The highest BCUT2D eigenvalue weighted by atomic mass is 16.6. The Hall–Kier alpha value is -3.15. The van der Waals surface area contributed by atoms with E-state index < -0.39 is 23.5 Å². The fourth-order valence-electron chi connectivity index (χ4n) is 2.64. The molecule has 0 saturated carbocycles. The van der Waals surface area contributed by atoms with Crippen molar-refractivity contribution >= 4 is 17.9 Å². The number of methoxy groups -OCH3 is 1. The molecule has 6 nitrogen and oxygen atoms in total. The summed E-state index contributed by atoms with van der Waals surface area (Å²) in [7, 11) is 1.28. The molecule has 0 saturated heterocycles. The van der Waals surface area contributed by atoms with E-state index in [4.69, 9.17) is 9.47 Å². The predicted molar refractivity (Wildman–Crippen MR) is 87.4 cm³/mol. The van der Waals surface area contributed by atoms with Crippen LogP contribution in [-0.4, -0.2) is 30.6 Å². The molecule has 1 aliphatic rings. The molecule has 0 unspecified atom stereocenters. The van der Waals surface area contributed by atoms with Gasteiger partial charge in [0.2, 0.25) is 5.60 Å². The topological polar surface area (TPSA) is 78.9 Å². The standard InChI is InChI=1S/C19H16O6/c1-19(11-13-5-3-4-6-15(13)17(21)25-19)18(22)24-14-9-7-12(8-10-14)16(20)23-2/h3-10H,11H2,1-2H3/t19-/m1/s1. The van der Waals surface area contributed by atoms with Gasteiger partial charge in [-0.05, 0) is 42.8 Å². The monoisotopic (exact) mass is 340 g/mol. The Morgan fingerprint density at radius 3 is 2.44 bits per heavy atom. The summed E-state index contributed by atoms with van der Waals surface area (Å²) in [5, 5.41) is 0. The largest absolute Gasteiger partial charge is 0.465 e. The minimum absolute atomic E-state index is 0.230. The van der Waals surface area contributed by atoms with Crippen molar-refractivity contribution in [1.29, 1.82) is 0 Å². The van der Waals surface area contributed by atoms with E-state index in [2.05, 4.69) is 4.74 Å². The maximum atomic E-state index is 12.5. The Balaban J connectivity index is 1.77. The lowest BCUT2D eigenvalue weighted by molar-refractivity contribution is -0.155. The fraction of sp³-hybridized carbons (Fsp3) is 0.211. The highest BCUT2D eigenvalue weighted by molar-refractivity contribution is 5.96. The van der Waals surface area contributed by atoms with Crippen LogP contribution < -0.4 is 4.74 Å². The first-order chi connectivity index (χ1) is 11.9. The van der Waals surface area contributed by atoms with Gasteiger partial charge < -0.3 is 14.2 Å². The summed E-state index contributed by atoms with van der Waals surface area (Å²) >= 11 is 0. The van der Waals surface area contributed by atoms with Gasteiger partial charge in [-0.25, -0.2) is 14.4 Å². The number of benzene rings is 2. The van der Waals surface area contributed by atoms with Gasteiger partial charge >= 0.3 is 17.9 Å². The maximum Gasteiger partial charge on any atom is 0.356 e. The Morgan fingerprint density at radius 1 is 1.08 bits per heavy atom. The number of rotatable bonds is 3. The van der Waals surface area contributed by atoms with Gasteiger partial charge in [0.1, 0.15) is 5.75 Å². The lowest BCUT2D eigenvalue weighted by Gasteiger charge is -2.32. The number of ether oxygens (including phenoxy) is 3. The summed E-state index contributed by atoms with van der Waals surface area (Å²) < 4.78 is 15.3. The van der Waals surface area contributed by atoms with E-state index in [9.17, 15) is 14.4 Å². The molecule has 0 N–H and O–H groups in total. The number of hydrogen-bond acceptors (Lipinski definition) is 6. The summed E-state index contributed by atoms with van der Waals surface area (Å²) in [4.78, 5) is 36.1. The molecule has 0 aromatic heterocycles. The van der Waals surface area contributed by atoms with Gasteiger partial charge in [0, 0.05) is 6.42 Å². The molecular formula is C19H16O6. The zero-order valence-electron chi connectivity index (χ0n) is 13.8. The van der Waals surface area contributed by atoms with Crippen molar-refractivity contribution in [3.05, 3.63) is 65.2 Å². The maximum absolute atomic E-state index is 12.5. The van der Waals surface area contributed by atoms with Crippen molar-refractivity contribution < 1.29 is 28.6 Å². The summed E-state index contributed by atoms with van der Waals surface area (Å²) in [6, 6.07) is 12.9. The third kappa shape index (κ3) is 3.24. The molecule has 3 rings (SSSR count). The Labute approximate surface area is 144 Å². The van der Waals surface area contributed by atoms with Gasteiger partial charge in [-0.1, -0.05) is 18.2 Å². The lowest BCUT2D eigenvalue weighted by atomic mass is 9.90. The zero-order chi connectivity index (χ0) is 18.0. The molecule has 0 radical (unpaired) electrons. The summed E-state index contributed by atoms with van der Waals surface area (Å²) in [6.45, 7) is 1.52. The van der Waals surface area contributed by atoms with Gasteiger partial charge in [-0.3, -0.25) is 0 Å². The van der Waals surface area contributed by atoms with Crippen LogP contribution in [0.25, 0.3) is 0 Å². The predicted octanol–water partition coefficient (Wildman–Crippen LogP) is 2.55. The number of cyclic esters (lactones) is 1. The van der Waals surface area contributed by atoms with E-state index in [-0.39, 0.29) is 12.2 Å². The molecule has 25 heavy (non-hydrogen) atoms. The summed E-state index contributed by atoms with van der Waals surface area (Å²) in [5.74, 6) is -1.47. The Morgan fingerprint density at radius 2 is 1.76 bits per heavy atom. The Kier molecular flexibility index (Phi) is 4.27. The molecule has 0 amide bonds. The second kappa shape index (κ2) is 6.39. The first kappa shape index (κ1) is 16.7. The second-order valence-corrected chi connectivity index (χ2v) is 5.86. The van der Waals surface area contributed by atoms with Gasteiger partial charge in [-0.2, -0.15) is 0 Å². The van der Waals surface area contributed by atoms with Crippen LogP contribution >= 0.6 is 0 Å². The van der Waals surface area contributed by atoms with E-state index in [1.54, 1.807) is 24.3 Å². The third-order valence-corrected chi connectivity index (χ3v) is 4.00. The molecule has 1 heterocycles. The van der Waals surface area contributed by atoms with Crippen molar-refractivity contribution in [3.63, 3.8) is 0 Å². The smallest absolute Gasteiger partial charge is 0.356 e. The number of carbonyl (C=O) groups is 3. The van der Waals surface area contributed by atoms with Crippen LogP contribution in [0.5, 0.6) is 5.75 Å². The molecule has 128 valence electrons. The van der Waals surface area contributed by atoms with Crippen molar-refractivity contribution in [1.82, 2.24) is 0 Å².